The van der Waals surface area contributed by atoms with Gasteiger partial charge in [-0.2, -0.15) is 0 Å². The van der Waals surface area contributed by atoms with Crippen LogP contribution in [0.1, 0.15) is 11.1 Å². The summed E-state index contributed by atoms with van der Waals surface area (Å²) in [6.07, 6.45) is 7.46. The third-order valence-corrected chi connectivity index (χ3v) is 3.28. The zero-order valence-corrected chi connectivity index (χ0v) is 12.6. The number of methoxy groups -OCH3 is 1. The van der Waals surface area contributed by atoms with Crippen LogP contribution >= 0.6 is 0 Å². The van der Waals surface area contributed by atoms with Gasteiger partial charge in [-0.15, -0.1) is 0 Å². The maximum atomic E-state index is 10.5. The van der Waals surface area contributed by atoms with Gasteiger partial charge in [0.15, 0.2) is 0 Å². The van der Waals surface area contributed by atoms with Crippen molar-refractivity contribution in [3.8, 4) is 22.6 Å². The van der Waals surface area contributed by atoms with Gasteiger partial charge in [-0.25, -0.2) is 0 Å². The molecule has 0 atom stereocenters. The van der Waals surface area contributed by atoms with Crippen LogP contribution in [0, 0.1) is 0 Å². The number of carbonyl (C=O) groups is 2. The molecule has 2 rings (SSSR count). The molecule has 0 spiro atoms. The van der Waals surface area contributed by atoms with Crippen LogP contribution in [0.2, 0.25) is 0 Å². The molecule has 2 aromatic rings. The molecule has 0 amide bonds. The van der Waals surface area contributed by atoms with E-state index in [1.807, 2.05) is 12.1 Å². The second kappa shape index (κ2) is 7.75. The van der Waals surface area contributed by atoms with Crippen molar-refractivity contribution in [2.45, 2.75) is 0 Å². The molecule has 4 heteroatoms. The van der Waals surface area contributed by atoms with Crippen LogP contribution < -0.4 is 4.74 Å². The number of aldehydes is 2. The van der Waals surface area contributed by atoms with Gasteiger partial charge in [0.1, 0.15) is 24.1 Å². The van der Waals surface area contributed by atoms with Gasteiger partial charge in [0, 0.05) is 11.1 Å². The van der Waals surface area contributed by atoms with E-state index in [1.54, 1.807) is 43.5 Å². The number of phenolic OH excluding ortho intramolecular Hbond substituents is 1. The molecule has 0 bridgehead atoms. The highest BCUT2D eigenvalue weighted by molar-refractivity contribution is 5.81. The summed E-state index contributed by atoms with van der Waals surface area (Å²) in [4.78, 5) is 21.0. The van der Waals surface area contributed by atoms with Crippen LogP contribution in [0.5, 0.6) is 11.5 Å². The Morgan fingerprint density at radius 2 is 1.70 bits per heavy atom. The first-order valence-corrected chi connectivity index (χ1v) is 6.94. The fourth-order valence-electron chi connectivity index (χ4n) is 2.21. The smallest absolute Gasteiger partial charge is 0.142 e. The normalized spacial score (nSPS) is 11.0. The van der Waals surface area contributed by atoms with E-state index >= 15 is 0 Å². The summed E-state index contributed by atoms with van der Waals surface area (Å²) in [7, 11) is 1.55. The van der Waals surface area contributed by atoms with Crippen LogP contribution in [-0.4, -0.2) is 24.8 Å². The first-order valence-electron chi connectivity index (χ1n) is 6.94. The minimum absolute atomic E-state index is 0.128. The van der Waals surface area contributed by atoms with E-state index < -0.39 is 0 Å². The molecule has 0 unspecified atom stereocenters. The molecule has 0 saturated carbocycles. The zero-order chi connectivity index (χ0) is 16.7. The fourth-order valence-corrected chi connectivity index (χ4v) is 2.21. The number of allylic oxidation sites excluding steroid dienone is 2. The molecule has 0 aliphatic carbocycles. The zero-order valence-electron chi connectivity index (χ0n) is 12.6. The van der Waals surface area contributed by atoms with Crippen LogP contribution in [0.15, 0.2) is 48.6 Å². The standard InChI is InChI=1S/C19H16O4/c1-23-19-9-7-15(13-16(19)5-3-11-21)17-12-14(4-2-10-20)6-8-18(17)22/h2-13,22H,1H3/b4-2+,5-3+. The summed E-state index contributed by atoms with van der Waals surface area (Å²) >= 11 is 0. The van der Waals surface area contributed by atoms with Gasteiger partial charge >= 0.3 is 0 Å². The Balaban J connectivity index is 2.52. The van der Waals surface area contributed by atoms with Crippen molar-refractivity contribution in [3.05, 3.63) is 59.7 Å². The average Bonchev–Trinajstić information content (AvgIpc) is 2.59. The van der Waals surface area contributed by atoms with Gasteiger partial charge in [-0.1, -0.05) is 18.2 Å². The monoisotopic (exact) mass is 308 g/mol. The maximum Gasteiger partial charge on any atom is 0.142 e. The van der Waals surface area contributed by atoms with E-state index in [4.69, 9.17) is 4.74 Å². The van der Waals surface area contributed by atoms with Crippen molar-refractivity contribution >= 4 is 24.7 Å². The summed E-state index contributed by atoms with van der Waals surface area (Å²) in [5.74, 6) is 0.757. The van der Waals surface area contributed by atoms with Crippen LogP contribution in [0.4, 0.5) is 0 Å². The molecule has 0 heterocycles. The lowest BCUT2D eigenvalue weighted by atomic mass is 9.99. The number of hydrogen-bond donors (Lipinski definition) is 1. The molecule has 0 aromatic heterocycles. The highest BCUT2D eigenvalue weighted by Gasteiger charge is 2.08. The second-order valence-corrected chi connectivity index (χ2v) is 4.72. The first kappa shape index (κ1) is 16.2. The van der Waals surface area contributed by atoms with Gasteiger partial charge < -0.3 is 9.84 Å². The molecule has 0 radical (unpaired) electrons. The fraction of sp³-hybridized carbons (Fsp3) is 0.0526. The van der Waals surface area contributed by atoms with E-state index in [2.05, 4.69) is 0 Å². The lowest BCUT2D eigenvalue weighted by Crippen LogP contribution is -1.89. The van der Waals surface area contributed by atoms with E-state index in [1.165, 1.54) is 12.2 Å². The lowest BCUT2D eigenvalue weighted by molar-refractivity contribution is -0.104. The minimum Gasteiger partial charge on any atom is -0.507 e. The van der Waals surface area contributed by atoms with Gasteiger partial charge in [0.25, 0.3) is 0 Å². The average molecular weight is 308 g/mol. The Morgan fingerprint density at radius 3 is 2.39 bits per heavy atom. The van der Waals surface area contributed by atoms with Gasteiger partial charge in [-0.3, -0.25) is 9.59 Å². The molecule has 2 aromatic carbocycles. The highest BCUT2D eigenvalue weighted by Crippen LogP contribution is 2.33. The Morgan fingerprint density at radius 1 is 0.957 bits per heavy atom. The Kier molecular flexibility index (Phi) is 5.47. The molecule has 1 N–H and O–H groups in total. The largest absolute Gasteiger partial charge is 0.507 e. The number of hydrogen-bond acceptors (Lipinski definition) is 4. The van der Waals surface area contributed by atoms with E-state index in [0.29, 0.717) is 23.9 Å². The topological polar surface area (TPSA) is 63.6 Å². The molecule has 116 valence electrons. The number of carbonyl (C=O) groups excluding carboxylic acids is 2. The summed E-state index contributed by atoms with van der Waals surface area (Å²) in [6, 6.07) is 10.5. The highest BCUT2D eigenvalue weighted by atomic mass is 16.5. The first-order chi connectivity index (χ1) is 11.2. The van der Waals surface area contributed by atoms with E-state index in [-0.39, 0.29) is 5.75 Å². The van der Waals surface area contributed by atoms with Crippen molar-refractivity contribution < 1.29 is 19.4 Å². The molecule has 0 aliphatic rings. The molecule has 4 nitrogen and oxygen atoms in total. The van der Waals surface area contributed by atoms with Gasteiger partial charge in [0.2, 0.25) is 0 Å². The predicted molar refractivity (Wildman–Crippen MR) is 90.3 cm³/mol. The van der Waals surface area contributed by atoms with Crippen molar-refractivity contribution in [1.29, 1.82) is 0 Å². The van der Waals surface area contributed by atoms with Crippen LogP contribution in [0.25, 0.3) is 23.3 Å². The molecule has 23 heavy (non-hydrogen) atoms. The second-order valence-electron chi connectivity index (χ2n) is 4.72. The maximum absolute atomic E-state index is 10.5. The Bertz CT molecular complexity index is 773. The number of rotatable bonds is 6. The third-order valence-electron chi connectivity index (χ3n) is 3.28. The van der Waals surface area contributed by atoms with Gasteiger partial charge in [-0.05, 0) is 53.6 Å². The lowest BCUT2D eigenvalue weighted by Gasteiger charge is -2.10. The summed E-state index contributed by atoms with van der Waals surface area (Å²) in [6.45, 7) is 0. The molecule has 0 fully saturated rings. The number of benzene rings is 2. The third kappa shape index (κ3) is 3.95. The van der Waals surface area contributed by atoms with E-state index in [0.717, 1.165) is 16.7 Å². The number of ether oxygens (including phenoxy) is 1. The minimum atomic E-state index is 0.128. The van der Waals surface area contributed by atoms with Crippen molar-refractivity contribution in [1.82, 2.24) is 0 Å². The molecule has 0 aliphatic heterocycles. The molecule has 0 saturated heterocycles. The summed E-state index contributed by atoms with van der Waals surface area (Å²) < 4.78 is 5.26. The number of phenols is 1. The van der Waals surface area contributed by atoms with Gasteiger partial charge in [0.05, 0.1) is 7.11 Å². The predicted octanol–water partition coefficient (Wildman–Crippen LogP) is 3.49. The Labute approximate surface area is 134 Å². The van der Waals surface area contributed by atoms with E-state index in [9.17, 15) is 14.7 Å². The summed E-state index contributed by atoms with van der Waals surface area (Å²) in [5, 5.41) is 10.1. The SMILES string of the molecule is COc1ccc(-c2cc(/C=C/C=O)ccc2O)cc1/C=C/C=O. The summed E-state index contributed by atoms with van der Waals surface area (Å²) in [5.41, 5.74) is 2.92. The van der Waals surface area contributed by atoms with Crippen LogP contribution in [-0.2, 0) is 9.59 Å². The van der Waals surface area contributed by atoms with Crippen molar-refractivity contribution in [2.24, 2.45) is 0 Å². The van der Waals surface area contributed by atoms with Crippen molar-refractivity contribution in [3.63, 3.8) is 0 Å². The Hall–Kier alpha value is -3.14. The molecular weight excluding hydrogens is 292 g/mol. The van der Waals surface area contributed by atoms with Crippen molar-refractivity contribution in [2.75, 3.05) is 7.11 Å². The van der Waals surface area contributed by atoms with Crippen LogP contribution in [0.3, 0.4) is 0 Å². The quantitative estimate of drug-likeness (QED) is 0.655. The molecular formula is C19H16O4. The number of aromatic hydroxyl groups is 1.